The van der Waals surface area contributed by atoms with E-state index in [-0.39, 0.29) is 11.6 Å². The second-order valence-electron chi connectivity index (χ2n) is 4.61. The van der Waals surface area contributed by atoms with E-state index in [4.69, 9.17) is 0 Å². The molecule has 0 fully saturated rings. The van der Waals surface area contributed by atoms with Crippen LogP contribution >= 0.6 is 0 Å². The average Bonchev–Trinajstić information content (AvgIpc) is 2.44. The molecule has 0 aromatic heterocycles. The van der Waals surface area contributed by atoms with E-state index in [0.29, 0.717) is 29.5 Å². The fourth-order valence-corrected chi connectivity index (χ4v) is 2.14. The lowest BCUT2D eigenvalue weighted by molar-refractivity contribution is 0.614. The van der Waals surface area contributed by atoms with E-state index in [1.54, 1.807) is 36.4 Å². The third kappa shape index (κ3) is 3.02. The maximum atomic E-state index is 14.0. The Morgan fingerprint density at radius 3 is 2.25 bits per heavy atom. The Balaban J connectivity index is 2.49. The van der Waals surface area contributed by atoms with E-state index in [0.717, 1.165) is 5.56 Å². The van der Waals surface area contributed by atoms with Crippen molar-refractivity contribution in [2.45, 2.75) is 12.8 Å². The predicted octanol–water partition coefficient (Wildman–Crippen LogP) is 5.09. The SMILES string of the molecule is C=CCc1ccc(F)c(-c2ccc(F)c(CC=C)c2)c1. The van der Waals surface area contributed by atoms with Crippen LogP contribution in [0.1, 0.15) is 11.1 Å². The molecule has 2 heteroatoms. The van der Waals surface area contributed by atoms with Crippen LogP contribution in [0.2, 0.25) is 0 Å². The molecule has 102 valence electrons. The van der Waals surface area contributed by atoms with E-state index in [2.05, 4.69) is 13.2 Å². The van der Waals surface area contributed by atoms with Gasteiger partial charge in [-0.1, -0.05) is 24.3 Å². The average molecular weight is 270 g/mol. The second kappa shape index (κ2) is 6.29. The molecule has 0 spiro atoms. The number of hydrogen-bond acceptors (Lipinski definition) is 0. The molecule has 2 aromatic carbocycles. The topological polar surface area (TPSA) is 0 Å². The Hall–Kier alpha value is -2.22. The zero-order valence-corrected chi connectivity index (χ0v) is 11.2. The molecule has 0 nitrogen and oxygen atoms in total. The number of halogens is 2. The Morgan fingerprint density at radius 1 is 0.850 bits per heavy atom. The minimum absolute atomic E-state index is 0.295. The van der Waals surface area contributed by atoms with Crippen LogP contribution in [0, 0.1) is 11.6 Å². The molecule has 0 saturated carbocycles. The Kier molecular flexibility index (Phi) is 4.46. The third-order valence-corrected chi connectivity index (χ3v) is 3.13. The van der Waals surface area contributed by atoms with Crippen LogP contribution in [-0.4, -0.2) is 0 Å². The molecule has 0 radical (unpaired) electrons. The molecule has 0 aliphatic rings. The minimum atomic E-state index is -0.311. The van der Waals surface area contributed by atoms with E-state index in [1.807, 2.05) is 0 Å². The summed E-state index contributed by atoms with van der Waals surface area (Å²) in [7, 11) is 0. The van der Waals surface area contributed by atoms with Crippen molar-refractivity contribution >= 4 is 0 Å². The molecule has 0 saturated heterocycles. The van der Waals surface area contributed by atoms with Crippen molar-refractivity contribution in [1.29, 1.82) is 0 Å². The fraction of sp³-hybridized carbons (Fsp3) is 0.111. The number of rotatable bonds is 5. The zero-order chi connectivity index (χ0) is 14.5. The summed E-state index contributed by atoms with van der Waals surface area (Å²) >= 11 is 0. The van der Waals surface area contributed by atoms with Gasteiger partial charge in [0.1, 0.15) is 11.6 Å². The van der Waals surface area contributed by atoms with Gasteiger partial charge in [-0.2, -0.15) is 0 Å². The van der Waals surface area contributed by atoms with Crippen LogP contribution in [0.15, 0.2) is 61.7 Å². The quantitative estimate of drug-likeness (QED) is 0.664. The summed E-state index contributed by atoms with van der Waals surface area (Å²) in [5, 5.41) is 0. The van der Waals surface area contributed by atoms with Gasteiger partial charge in [0.25, 0.3) is 0 Å². The van der Waals surface area contributed by atoms with Crippen molar-refractivity contribution < 1.29 is 8.78 Å². The summed E-state index contributed by atoms with van der Waals surface area (Å²) in [5.74, 6) is -0.606. The molecule has 0 aliphatic carbocycles. The summed E-state index contributed by atoms with van der Waals surface area (Å²) in [4.78, 5) is 0. The van der Waals surface area contributed by atoms with Crippen LogP contribution in [0.4, 0.5) is 8.78 Å². The molecular formula is C18H16F2. The summed E-state index contributed by atoms with van der Waals surface area (Å²) in [6, 6.07) is 9.58. The maximum Gasteiger partial charge on any atom is 0.131 e. The van der Waals surface area contributed by atoms with Crippen LogP contribution in [0.25, 0.3) is 11.1 Å². The van der Waals surface area contributed by atoms with Gasteiger partial charge in [0.05, 0.1) is 0 Å². The first kappa shape index (κ1) is 14.2. The highest BCUT2D eigenvalue weighted by molar-refractivity contribution is 5.66. The van der Waals surface area contributed by atoms with Gasteiger partial charge in [-0.05, 0) is 53.8 Å². The highest BCUT2D eigenvalue weighted by atomic mass is 19.1. The molecule has 2 aromatic rings. The van der Waals surface area contributed by atoms with Gasteiger partial charge in [-0.15, -0.1) is 13.2 Å². The normalized spacial score (nSPS) is 10.3. The first-order valence-electron chi connectivity index (χ1n) is 6.44. The lowest BCUT2D eigenvalue weighted by Crippen LogP contribution is -1.93. The standard InChI is InChI=1S/C18H16F2/c1-3-5-13-7-9-18(20)16(11-13)14-8-10-17(19)15(12-14)6-4-2/h3-4,7-12H,1-2,5-6H2. The van der Waals surface area contributed by atoms with Gasteiger partial charge >= 0.3 is 0 Å². The molecule has 0 N–H and O–H groups in total. The van der Waals surface area contributed by atoms with Gasteiger partial charge in [-0.3, -0.25) is 0 Å². The summed E-state index contributed by atoms with van der Waals surface area (Å²) in [5.41, 5.74) is 2.65. The number of allylic oxidation sites excluding steroid dienone is 2. The van der Waals surface area contributed by atoms with Gasteiger partial charge in [0.2, 0.25) is 0 Å². The first-order valence-corrected chi connectivity index (χ1v) is 6.44. The molecule has 0 aliphatic heterocycles. The molecule has 2 rings (SSSR count). The molecule has 0 heterocycles. The van der Waals surface area contributed by atoms with Gasteiger partial charge < -0.3 is 0 Å². The van der Waals surface area contributed by atoms with Crippen molar-refractivity contribution in [3.8, 4) is 11.1 Å². The molecule has 20 heavy (non-hydrogen) atoms. The van der Waals surface area contributed by atoms with Gasteiger partial charge in [-0.25, -0.2) is 8.78 Å². The molecule has 0 unspecified atom stereocenters. The highest BCUT2D eigenvalue weighted by Crippen LogP contribution is 2.26. The maximum absolute atomic E-state index is 14.0. The molecular weight excluding hydrogens is 254 g/mol. The van der Waals surface area contributed by atoms with Crippen molar-refractivity contribution in [2.24, 2.45) is 0 Å². The molecule has 0 bridgehead atoms. The van der Waals surface area contributed by atoms with Gasteiger partial charge in [0.15, 0.2) is 0 Å². The van der Waals surface area contributed by atoms with E-state index in [9.17, 15) is 8.78 Å². The fourth-order valence-electron chi connectivity index (χ4n) is 2.14. The summed E-state index contributed by atoms with van der Waals surface area (Å²) in [6.45, 7) is 7.28. The lowest BCUT2D eigenvalue weighted by atomic mass is 9.98. The van der Waals surface area contributed by atoms with E-state index >= 15 is 0 Å². The summed E-state index contributed by atoms with van der Waals surface area (Å²) < 4.78 is 27.6. The Labute approximate surface area is 118 Å². The van der Waals surface area contributed by atoms with Gasteiger partial charge in [0, 0.05) is 5.56 Å². The molecule has 0 amide bonds. The first-order chi connectivity index (χ1) is 9.65. The minimum Gasteiger partial charge on any atom is -0.207 e. The van der Waals surface area contributed by atoms with Crippen molar-refractivity contribution in [3.05, 3.63) is 84.5 Å². The van der Waals surface area contributed by atoms with Crippen LogP contribution in [0.5, 0.6) is 0 Å². The van der Waals surface area contributed by atoms with E-state index < -0.39 is 0 Å². The van der Waals surface area contributed by atoms with Crippen LogP contribution in [0.3, 0.4) is 0 Å². The van der Waals surface area contributed by atoms with Crippen molar-refractivity contribution in [2.75, 3.05) is 0 Å². The number of hydrogen-bond donors (Lipinski definition) is 0. The summed E-state index contributed by atoms with van der Waals surface area (Å²) in [6.07, 6.45) is 4.50. The van der Waals surface area contributed by atoms with E-state index in [1.165, 1.54) is 12.1 Å². The monoisotopic (exact) mass is 270 g/mol. The van der Waals surface area contributed by atoms with Crippen LogP contribution in [-0.2, 0) is 12.8 Å². The smallest absolute Gasteiger partial charge is 0.131 e. The van der Waals surface area contributed by atoms with Crippen molar-refractivity contribution in [3.63, 3.8) is 0 Å². The second-order valence-corrected chi connectivity index (χ2v) is 4.61. The lowest BCUT2D eigenvalue weighted by Gasteiger charge is -2.08. The van der Waals surface area contributed by atoms with Crippen LogP contribution < -0.4 is 0 Å². The Morgan fingerprint density at radius 2 is 1.55 bits per heavy atom. The third-order valence-electron chi connectivity index (χ3n) is 3.13. The van der Waals surface area contributed by atoms with Crippen molar-refractivity contribution in [1.82, 2.24) is 0 Å². The predicted molar refractivity (Wildman–Crippen MR) is 79.6 cm³/mol. The number of benzene rings is 2. The zero-order valence-electron chi connectivity index (χ0n) is 11.2. The Bertz CT molecular complexity index is 642. The molecule has 0 atom stereocenters. The highest BCUT2D eigenvalue weighted by Gasteiger charge is 2.09. The largest absolute Gasteiger partial charge is 0.207 e.